The SMILES string of the molecule is Cc1ccc(C=C2CCc3ccc(C(=O)O)cc3C2=O)cc1. The van der Waals surface area contributed by atoms with Gasteiger partial charge in [-0.1, -0.05) is 35.9 Å². The number of carbonyl (C=O) groups excluding carboxylic acids is 1. The molecule has 0 aromatic heterocycles. The van der Waals surface area contributed by atoms with Crippen LogP contribution in [0.5, 0.6) is 0 Å². The molecule has 0 unspecified atom stereocenters. The molecular weight excluding hydrogens is 276 g/mol. The van der Waals surface area contributed by atoms with Crippen LogP contribution in [0.2, 0.25) is 0 Å². The zero-order valence-corrected chi connectivity index (χ0v) is 12.3. The van der Waals surface area contributed by atoms with Crippen molar-refractivity contribution in [2.45, 2.75) is 19.8 Å². The van der Waals surface area contributed by atoms with Crippen LogP contribution in [0.15, 0.2) is 48.0 Å². The van der Waals surface area contributed by atoms with E-state index in [0.29, 0.717) is 12.0 Å². The summed E-state index contributed by atoms with van der Waals surface area (Å²) < 4.78 is 0. The lowest BCUT2D eigenvalue weighted by atomic mass is 9.85. The molecule has 1 N–H and O–H groups in total. The van der Waals surface area contributed by atoms with E-state index in [-0.39, 0.29) is 11.3 Å². The van der Waals surface area contributed by atoms with Gasteiger partial charge in [0.15, 0.2) is 5.78 Å². The van der Waals surface area contributed by atoms with E-state index in [4.69, 9.17) is 5.11 Å². The molecule has 0 aliphatic heterocycles. The standard InChI is InChI=1S/C19H16O3/c1-12-2-4-13(5-3-12)10-15-8-6-14-7-9-16(19(21)22)11-17(14)18(15)20/h2-5,7,9-11H,6,8H2,1H3,(H,21,22). The largest absolute Gasteiger partial charge is 0.478 e. The number of carboxylic acids is 1. The maximum Gasteiger partial charge on any atom is 0.335 e. The third-order valence-corrected chi connectivity index (χ3v) is 3.98. The van der Waals surface area contributed by atoms with Gasteiger partial charge in [-0.2, -0.15) is 0 Å². The first-order chi connectivity index (χ1) is 10.5. The van der Waals surface area contributed by atoms with Gasteiger partial charge in [-0.15, -0.1) is 0 Å². The summed E-state index contributed by atoms with van der Waals surface area (Å²) in [5, 5.41) is 9.07. The number of benzene rings is 2. The van der Waals surface area contributed by atoms with Crippen molar-refractivity contribution in [3.8, 4) is 0 Å². The highest BCUT2D eigenvalue weighted by atomic mass is 16.4. The fourth-order valence-corrected chi connectivity index (χ4v) is 2.70. The molecule has 22 heavy (non-hydrogen) atoms. The Labute approximate surface area is 128 Å². The summed E-state index contributed by atoms with van der Waals surface area (Å²) >= 11 is 0. The van der Waals surface area contributed by atoms with E-state index in [1.807, 2.05) is 37.3 Å². The van der Waals surface area contributed by atoms with Gasteiger partial charge in [0, 0.05) is 11.1 Å². The van der Waals surface area contributed by atoms with Gasteiger partial charge in [0.05, 0.1) is 5.56 Å². The fourth-order valence-electron chi connectivity index (χ4n) is 2.70. The molecule has 0 atom stereocenters. The first-order valence-corrected chi connectivity index (χ1v) is 7.23. The number of aryl methyl sites for hydroxylation is 2. The number of fused-ring (bicyclic) bond motifs is 1. The quantitative estimate of drug-likeness (QED) is 0.854. The molecule has 1 aliphatic carbocycles. The molecule has 3 nitrogen and oxygen atoms in total. The van der Waals surface area contributed by atoms with Gasteiger partial charge in [0.1, 0.15) is 0 Å². The van der Waals surface area contributed by atoms with Crippen molar-refractivity contribution < 1.29 is 14.7 Å². The van der Waals surface area contributed by atoms with Crippen LogP contribution < -0.4 is 0 Å². The van der Waals surface area contributed by atoms with Crippen LogP contribution in [0, 0.1) is 6.92 Å². The van der Waals surface area contributed by atoms with Crippen molar-refractivity contribution in [1.29, 1.82) is 0 Å². The second kappa shape index (κ2) is 5.60. The lowest BCUT2D eigenvalue weighted by Gasteiger charge is -2.18. The fraction of sp³-hybridized carbons (Fsp3) is 0.158. The molecule has 0 saturated carbocycles. The minimum Gasteiger partial charge on any atom is -0.478 e. The van der Waals surface area contributed by atoms with Crippen molar-refractivity contribution in [2.75, 3.05) is 0 Å². The number of hydrogen-bond donors (Lipinski definition) is 1. The first-order valence-electron chi connectivity index (χ1n) is 7.23. The predicted molar refractivity (Wildman–Crippen MR) is 85.2 cm³/mol. The average molecular weight is 292 g/mol. The number of allylic oxidation sites excluding steroid dienone is 1. The van der Waals surface area contributed by atoms with Crippen LogP contribution in [0.3, 0.4) is 0 Å². The molecule has 3 rings (SSSR count). The Morgan fingerprint density at radius 1 is 1.09 bits per heavy atom. The summed E-state index contributed by atoms with van der Waals surface area (Å²) in [4.78, 5) is 23.7. The number of hydrogen-bond acceptors (Lipinski definition) is 2. The smallest absolute Gasteiger partial charge is 0.335 e. The highest BCUT2D eigenvalue weighted by Crippen LogP contribution is 2.27. The van der Waals surface area contributed by atoms with Gasteiger partial charge < -0.3 is 5.11 Å². The van der Waals surface area contributed by atoms with Gasteiger partial charge in [0.2, 0.25) is 0 Å². The zero-order valence-electron chi connectivity index (χ0n) is 12.3. The molecule has 3 heteroatoms. The van der Waals surface area contributed by atoms with Gasteiger partial charge in [0.25, 0.3) is 0 Å². The lowest BCUT2D eigenvalue weighted by Crippen LogP contribution is -2.15. The molecule has 2 aromatic carbocycles. The van der Waals surface area contributed by atoms with Gasteiger partial charge >= 0.3 is 5.97 Å². The number of aromatic carboxylic acids is 1. The number of Topliss-reactive ketones (excluding diaryl/α,β-unsaturated/α-hetero) is 1. The van der Waals surface area contributed by atoms with E-state index in [1.54, 1.807) is 12.1 Å². The summed E-state index contributed by atoms with van der Waals surface area (Å²) in [6.45, 7) is 2.02. The van der Waals surface area contributed by atoms with Crippen molar-refractivity contribution in [1.82, 2.24) is 0 Å². The lowest BCUT2D eigenvalue weighted by molar-refractivity contribution is 0.0697. The molecule has 0 heterocycles. The normalized spacial score (nSPS) is 15.7. The monoisotopic (exact) mass is 292 g/mol. The van der Waals surface area contributed by atoms with Crippen molar-refractivity contribution in [3.63, 3.8) is 0 Å². The Kier molecular flexibility index (Phi) is 3.63. The maximum atomic E-state index is 12.6. The van der Waals surface area contributed by atoms with Crippen LogP contribution in [0.4, 0.5) is 0 Å². The third kappa shape index (κ3) is 2.70. The molecule has 2 aromatic rings. The summed E-state index contributed by atoms with van der Waals surface area (Å²) in [5.41, 5.74) is 4.50. The highest BCUT2D eigenvalue weighted by molar-refractivity contribution is 6.13. The van der Waals surface area contributed by atoms with E-state index in [2.05, 4.69) is 0 Å². The minimum absolute atomic E-state index is 0.0649. The molecule has 0 spiro atoms. The van der Waals surface area contributed by atoms with Crippen LogP contribution >= 0.6 is 0 Å². The number of ketones is 1. The van der Waals surface area contributed by atoms with Crippen LogP contribution in [-0.2, 0) is 6.42 Å². The summed E-state index contributed by atoms with van der Waals surface area (Å²) in [6.07, 6.45) is 3.35. The van der Waals surface area contributed by atoms with E-state index in [9.17, 15) is 9.59 Å². The van der Waals surface area contributed by atoms with E-state index in [1.165, 1.54) is 11.6 Å². The summed E-state index contributed by atoms with van der Waals surface area (Å²) in [6, 6.07) is 12.8. The van der Waals surface area contributed by atoms with Crippen LogP contribution in [0.1, 0.15) is 43.8 Å². The Hall–Kier alpha value is -2.68. The minimum atomic E-state index is -1.01. The van der Waals surface area contributed by atoms with Crippen molar-refractivity contribution in [2.24, 2.45) is 0 Å². The van der Waals surface area contributed by atoms with Gasteiger partial charge in [-0.3, -0.25) is 4.79 Å². The molecule has 0 saturated heterocycles. The molecule has 110 valence electrons. The topological polar surface area (TPSA) is 54.4 Å². The number of carbonyl (C=O) groups is 2. The van der Waals surface area contributed by atoms with Crippen molar-refractivity contribution in [3.05, 3.63) is 75.9 Å². The van der Waals surface area contributed by atoms with Crippen LogP contribution in [0.25, 0.3) is 6.08 Å². The van der Waals surface area contributed by atoms with E-state index < -0.39 is 5.97 Å². The Morgan fingerprint density at radius 2 is 1.82 bits per heavy atom. The van der Waals surface area contributed by atoms with Gasteiger partial charge in [-0.05, 0) is 49.1 Å². The average Bonchev–Trinajstić information content (AvgIpc) is 2.52. The Morgan fingerprint density at radius 3 is 2.50 bits per heavy atom. The summed E-state index contributed by atoms with van der Waals surface area (Å²) in [5.74, 6) is -1.07. The molecule has 0 radical (unpaired) electrons. The molecule has 0 bridgehead atoms. The molecular formula is C19H16O3. The maximum absolute atomic E-state index is 12.6. The Bertz CT molecular complexity index is 783. The zero-order chi connectivity index (χ0) is 15.7. The third-order valence-electron chi connectivity index (χ3n) is 3.98. The molecule has 0 amide bonds. The molecule has 1 aliphatic rings. The molecule has 0 fully saturated rings. The van der Waals surface area contributed by atoms with Crippen molar-refractivity contribution >= 4 is 17.8 Å². The second-order valence-corrected chi connectivity index (χ2v) is 5.59. The number of carboxylic acid groups (broad SMARTS) is 1. The second-order valence-electron chi connectivity index (χ2n) is 5.59. The van der Waals surface area contributed by atoms with Gasteiger partial charge in [-0.25, -0.2) is 4.79 Å². The summed E-state index contributed by atoms with van der Waals surface area (Å²) in [7, 11) is 0. The van der Waals surface area contributed by atoms with E-state index in [0.717, 1.165) is 23.1 Å². The van der Waals surface area contributed by atoms with Crippen LogP contribution in [-0.4, -0.2) is 16.9 Å². The predicted octanol–water partition coefficient (Wildman–Crippen LogP) is 3.91. The first kappa shape index (κ1) is 14.3. The highest BCUT2D eigenvalue weighted by Gasteiger charge is 2.23. The van der Waals surface area contributed by atoms with E-state index >= 15 is 0 Å². The number of rotatable bonds is 2. The Balaban J connectivity index is 1.98.